The SMILES string of the molecule is O=C(O)c1ccc2cnc(CC3CCNCC3)n2c1. The largest absolute Gasteiger partial charge is 0.478 e. The third-order valence-corrected chi connectivity index (χ3v) is 3.78. The minimum atomic E-state index is -0.900. The van der Waals surface area contributed by atoms with E-state index in [2.05, 4.69) is 10.3 Å². The number of carbonyl (C=O) groups is 1. The Kier molecular flexibility index (Phi) is 3.21. The Hall–Kier alpha value is -1.88. The van der Waals surface area contributed by atoms with E-state index in [9.17, 15) is 4.79 Å². The van der Waals surface area contributed by atoms with Crippen molar-refractivity contribution < 1.29 is 9.90 Å². The normalized spacial score (nSPS) is 16.8. The molecule has 1 aliphatic heterocycles. The van der Waals surface area contributed by atoms with Crippen LogP contribution in [-0.4, -0.2) is 33.6 Å². The lowest BCUT2D eigenvalue weighted by atomic mass is 9.94. The third-order valence-electron chi connectivity index (χ3n) is 3.78. The average Bonchev–Trinajstić information content (AvgIpc) is 2.82. The fourth-order valence-corrected chi connectivity index (χ4v) is 2.67. The second kappa shape index (κ2) is 5.01. The van der Waals surface area contributed by atoms with Crippen molar-refractivity contribution in [1.82, 2.24) is 14.7 Å². The molecule has 2 N–H and O–H groups in total. The number of imidazole rings is 1. The van der Waals surface area contributed by atoms with Crippen LogP contribution in [-0.2, 0) is 6.42 Å². The van der Waals surface area contributed by atoms with Crippen LogP contribution in [0.25, 0.3) is 5.52 Å². The summed E-state index contributed by atoms with van der Waals surface area (Å²) in [5.41, 5.74) is 1.26. The molecule has 0 unspecified atom stereocenters. The highest BCUT2D eigenvalue weighted by Gasteiger charge is 2.16. The molecule has 1 fully saturated rings. The van der Waals surface area contributed by atoms with Crippen LogP contribution in [0.1, 0.15) is 29.0 Å². The van der Waals surface area contributed by atoms with Crippen LogP contribution in [0.2, 0.25) is 0 Å². The van der Waals surface area contributed by atoms with E-state index in [1.54, 1.807) is 12.3 Å². The van der Waals surface area contributed by atoms with Gasteiger partial charge in [0.05, 0.1) is 17.3 Å². The molecule has 0 bridgehead atoms. The monoisotopic (exact) mass is 259 g/mol. The van der Waals surface area contributed by atoms with E-state index in [0.717, 1.165) is 43.7 Å². The summed E-state index contributed by atoms with van der Waals surface area (Å²) >= 11 is 0. The maximum absolute atomic E-state index is 11.0. The highest BCUT2D eigenvalue weighted by atomic mass is 16.4. The van der Waals surface area contributed by atoms with Gasteiger partial charge < -0.3 is 14.8 Å². The van der Waals surface area contributed by atoms with E-state index in [0.29, 0.717) is 11.5 Å². The summed E-state index contributed by atoms with van der Waals surface area (Å²) in [5.74, 6) is 0.703. The Morgan fingerprint density at radius 1 is 1.42 bits per heavy atom. The smallest absolute Gasteiger partial charge is 0.337 e. The molecule has 0 radical (unpaired) electrons. The number of hydrogen-bond donors (Lipinski definition) is 2. The Morgan fingerprint density at radius 2 is 2.21 bits per heavy atom. The minimum Gasteiger partial charge on any atom is -0.478 e. The van der Waals surface area contributed by atoms with E-state index < -0.39 is 5.97 Å². The molecule has 5 nitrogen and oxygen atoms in total. The molecule has 5 heteroatoms. The summed E-state index contributed by atoms with van der Waals surface area (Å²) < 4.78 is 1.91. The number of hydrogen-bond acceptors (Lipinski definition) is 3. The Bertz CT molecular complexity index is 600. The van der Waals surface area contributed by atoms with Crippen LogP contribution in [0.15, 0.2) is 24.5 Å². The molecule has 0 spiro atoms. The second-order valence-corrected chi connectivity index (χ2v) is 5.09. The molecule has 19 heavy (non-hydrogen) atoms. The first-order chi connectivity index (χ1) is 9.24. The number of fused-ring (bicyclic) bond motifs is 1. The van der Waals surface area contributed by atoms with Crippen molar-refractivity contribution in [2.45, 2.75) is 19.3 Å². The lowest BCUT2D eigenvalue weighted by Crippen LogP contribution is -2.29. The topological polar surface area (TPSA) is 66.6 Å². The molecule has 2 aromatic heterocycles. The third kappa shape index (κ3) is 2.46. The number of carboxylic acid groups (broad SMARTS) is 1. The van der Waals surface area contributed by atoms with Gasteiger partial charge in [0.1, 0.15) is 5.82 Å². The van der Waals surface area contributed by atoms with Crippen LogP contribution in [0.4, 0.5) is 0 Å². The van der Waals surface area contributed by atoms with E-state index in [1.807, 2.05) is 16.7 Å². The molecule has 0 aliphatic carbocycles. The number of carboxylic acids is 1. The Morgan fingerprint density at radius 3 is 2.95 bits per heavy atom. The molecule has 0 saturated carbocycles. The molecular weight excluding hydrogens is 242 g/mol. The van der Waals surface area contributed by atoms with E-state index in [-0.39, 0.29) is 0 Å². The van der Waals surface area contributed by atoms with Gasteiger partial charge >= 0.3 is 5.97 Å². The molecule has 0 atom stereocenters. The summed E-state index contributed by atoms with van der Waals surface area (Å²) in [5, 5.41) is 12.4. The fraction of sp³-hybridized carbons (Fsp3) is 0.429. The number of aromatic nitrogens is 2. The van der Waals surface area contributed by atoms with E-state index in [4.69, 9.17) is 5.11 Å². The van der Waals surface area contributed by atoms with Gasteiger partial charge in [0, 0.05) is 12.6 Å². The van der Waals surface area contributed by atoms with Crippen LogP contribution in [0.5, 0.6) is 0 Å². The van der Waals surface area contributed by atoms with Gasteiger partial charge in [-0.25, -0.2) is 9.78 Å². The zero-order valence-electron chi connectivity index (χ0n) is 10.7. The van der Waals surface area contributed by atoms with Gasteiger partial charge in [-0.15, -0.1) is 0 Å². The molecule has 3 rings (SSSR count). The maximum atomic E-state index is 11.0. The van der Waals surface area contributed by atoms with Gasteiger partial charge in [-0.05, 0) is 44.0 Å². The maximum Gasteiger partial charge on any atom is 0.337 e. The minimum absolute atomic E-state index is 0.303. The van der Waals surface area contributed by atoms with Crippen LogP contribution >= 0.6 is 0 Å². The first-order valence-electron chi connectivity index (χ1n) is 6.64. The van der Waals surface area contributed by atoms with E-state index >= 15 is 0 Å². The van der Waals surface area contributed by atoms with Gasteiger partial charge in [0.2, 0.25) is 0 Å². The van der Waals surface area contributed by atoms with Gasteiger partial charge in [-0.3, -0.25) is 0 Å². The Labute approximate surface area is 111 Å². The lowest BCUT2D eigenvalue weighted by Gasteiger charge is -2.21. The zero-order valence-corrected chi connectivity index (χ0v) is 10.7. The van der Waals surface area contributed by atoms with Crippen LogP contribution in [0.3, 0.4) is 0 Å². The number of pyridine rings is 1. The number of piperidine rings is 1. The molecule has 100 valence electrons. The number of rotatable bonds is 3. The van der Waals surface area contributed by atoms with Crippen LogP contribution in [0, 0.1) is 5.92 Å². The highest BCUT2D eigenvalue weighted by molar-refractivity contribution is 5.87. The fourth-order valence-electron chi connectivity index (χ4n) is 2.67. The summed E-state index contributed by atoms with van der Waals surface area (Å²) in [4.78, 5) is 15.5. The van der Waals surface area contributed by atoms with Gasteiger partial charge in [-0.2, -0.15) is 0 Å². The van der Waals surface area contributed by atoms with Crippen molar-refractivity contribution in [1.29, 1.82) is 0 Å². The molecule has 2 aromatic rings. The van der Waals surface area contributed by atoms with Crippen molar-refractivity contribution in [3.63, 3.8) is 0 Å². The predicted molar refractivity (Wildman–Crippen MR) is 71.4 cm³/mol. The average molecular weight is 259 g/mol. The van der Waals surface area contributed by atoms with Crippen molar-refractivity contribution in [2.75, 3.05) is 13.1 Å². The summed E-state index contributed by atoms with van der Waals surface area (Å²) in [7, 11) is 0. The molecule has 0 amide bonds. The number of nitrogens with zero attached hydrogens (tertiary/aromatic N) is 2. The predicted octanol–water partition coefficient (Wildman–Crippen LogP) is 1.57. The van der Waals surface area contributed by atoms with Crippen molar-refractivity contribution in [3.8, 4) is 0 Å². The Balaban J connectivity index is 1.89. The molecule has 1 saturated heterocycles. The van der Waals surface area contributed by atoms with Crippen molar-refractivity contribution in [2.24, 2.45) is 5.92 Å². The molecule has 3 heterocycles. The van der Waals surface area contributed by atoms with Gasteiger partial charge in [0.15, 0.2) is 0 Å². The van der Waals surface area contributed by atoms with Crippen molar-refractivity contribution >= 4 is 11.5 Å². The quantitative estimate of drug-likeness (QED) is 0.878. The number of nitrogens with one attached hydrogen (secondary N) is 1. The zero-order chi connectivity index (χ0) is 13.2. The molecule has 1 aliphatic rings. The molecule has 0 aromatic carbocycles. The van der Waals surface area contributed by atoms with E-state index in [1.165, 1.54) is 0 Å². The lowest BCUT2D eigenvalue weighted by molar-refractivity contribution is 0.0696. The van der Waals surface area contributed by atoms with Gasteiger partial charge in [-0.1, -0.05) is 0 Å². The van der Waals surface area contributed by atoms with Crippen LogP contribution < -0.4 is 5.32 Å². The summed E-state index contributed by atoms with van der Waals surface area (Å²) in [6.07, 6.45) is 6.71. The second-order valence-electron chi connectivity index (χ2n) is 5.09. The van der Waals surface area contributed by atoms with Gasteiger partial charge in [0.25, 0.3) is 0 Å². The standard InChI is InChI=1S/C14H17N3O2/c18-14(19)11-1-2-12-8-16-13(17(12)9-11)7-10-3-5-15-6-4-10/h1-2,8-10,15H,3-7H2,(H,18,19). The number of aromatic carboxylic acids is 1. The summed E-state index contributed by atoms with van der Waals surface area (Å²) in [6, 6.07) is 3.43. The first-order valence-corrected chi connectivity index (χ1v) is 6.64. The molecular formula is C14H17N3O2. The highest BCUT2D eigenvalue weighted by Crippen LogP contribution is 2.19. The first kappa shape index (κ1) is 12.2. The summed E-state index contributed by atoms with van der Waals surface area (Å²) in [6.45, 7) is 2.13. The van der Waals surface area contributed by atoms with Crippen molar-refractivity contribution in [3.05, 3.63) is 35.9 Å².